The Kier molecular flexibility index (Phi) is 3.72. The number of carboxylic acids is 1. The van der Waals surface area contributed by atoms with Crippen LogP contribution >= 0.6 is 0 Å². The molecule has 0 bridgehead atoms. The Morgan fingerprint density at radius 3 is 2.52 bits per heavy atom. The second-order valence-corrected chi connectivity index (χ2v) is 6.85. The van der Waals surface area contributed by atoms with Crippen molar-refractivity contribution in [2.75, 3.05) is 6.54 Å². The third-order valence-corrected chi connectivity index (χ3v) is 5.13. The summed E-state index contributed by atoms with van der Waals surface area (Å²) in [6, 6.07) is 3.42. The number of aryl methyl sites for hydroxylation is 1. The lowest BCUT2D eigenvalue weighted by molar-refractivity contribution is -0.385. The Morgan fingerprint density at radius 2 is 2.10 bits per heavy atom. The summed E-state index contributed by atoms with van der Waals surface area (Å²) in [6.07, 6.45) is 0.869. The third-order valence-electron chi connectivity index (χ3n) is 3.57. The van der Waals surface area contributed by atoms with Gasteiger partial charge in [0.1, 0.15) is 0 Å². The van der Waals surface area contributed by atoms with E-state index < -0.39 is 26.3 Å². The van der Waals surface area contributed by atoms with Crippen LogP contribution in [-0.2, 0) is 14.8 Å². The van der Waals surface area contributed by atoms with Gasteiger partial charge < -0.3 is 5.11 Å². The summed E-state index contributed by atoms with van der Waals surface area (Å²) in [6.45, 7) is 1.27. The van der Waals surface area contributed by atoms with Gasteiger partial charge in [0.2, 0.25) is 10.0 Å². The van der Waals surface area contributed by atoms with Crippen molar-refractivity contribution in [2.45, 2.75) is 24.7 Å². The average molecular weight is 314 g/mol. The standard InChI is InChI=1S/C12H14N2O6S/c1-8-6-9(14(17)18)2-3-10(8)21(19,20)13-7-12(4-5-12)11(15)16/h2-3,6,13H,4-5,7H2,1H3,(H,15,16). The molecule has 8 nitrogen and oxygen atoms in total. The molecule has 1 aromatic carbocycles. The van der Waals surface area contributed by atoms with Crippen LogP contribution in [0.15, 0.2) is 23.1 Å². The molecule has 1 saturated carbocycles. The normalized spacial score (nSPS) is 16.4. The Labute approximate surface area is 121 Å². The van der Waals surface area contributed by atoms with Crippen LogP contribution in [0.3, 0.4) is 0 Å². The van der Waals surface area contributed by atoms with E-state index in [1.54, 1.807) is 0 Å². The van der Waals surface area contributed by atoms with E-state index in [0.29, 0.717) is 12.8 Å². The summed E-state index contributed by atoms with van der Waals surface area (Å²) < 4.78 is 26.6. The molecule has 21 heavy (non-hydrogen) atoms. The maximum absolute atomic E-state index is 12.2. The summed E-state index contributed by atoms with van der Waals surface area (Å²) in [5.74, 6) is -1.02. The zero-order chi connectivity index (χ0) is 15.8. The molecule has 1 aromatic rings. The minimum absolute atomic E-state index is 0.0886. The molecule has 1 aliphatic rings. The first kappa shape index (κ1) is 15.4. The molecule has 9 heteroatoms. The molecule has 0 unspecified atom stereocenters. The number of nitro groups is 1. The largest absolute Gasteiger partial charge is 0.481 e. The van der Waals surface area contributed by atoms with Crippen molar-refractivity contribution in [2.24, 2.45) is 5.41 Å². The number of benzene rings is 1. The van der Waals surface area contributed by atoms with Crippen LogP contribution < -0.4 is 4.72 Å². The highest BCUT2D eigenvalue weighted by atomic mass is 32.2. The van der Waals surface area contributed by atoms with E-state index in [0.717, 1.165) is 12.1 Å². The lowest BCUT2D eigenvalue weighted by Gasteiger charge is -2.13. The summed E-state index contributed by atoms with van der Waals surface area (Å²) in [7, 11) is -3.90. The molecule has 0 radical (unpaired) electrons. The number of nitro benzene ring substituents is 1. The number of non-ortho nitro benzene ring substituents is 1. The summed E-state index contributed by atoms with van der Waals surface area (Å²) in [5, 5.41) is 19.6. The van der Waals surface area contributed by atoms with Crippen LogP contribution in [0.1, 0.15) is 18.4 Å². The second-order valence-electron chi connectivity index (χ2n) is 5.12. The van der Waals surface area contributed by atoms with Gasteiger partial charge in [-0.25, -0.2) is 13.1 Å². The molecule has 2 rings (SSSR count). The number of nitrogens with one attached hydrogen (secondary N) is 1. The number of rotatable bonds is 6. The van der Waals surface area contributed by atoms with Crippen LogP contribution in [0.25, 0.3) is 0 Å². The van der Waals surface area contributed by atoms with E-state index in [2.05, 4.69) is 4.72 Å². The summed E-state index contributed by atoms with van der Waals surface area (Å²) >= 11 is 0. The summed E-state index contributed by atoms with van der Waals surface area (Å²) in [4.78, 5) is 20.9. The van der Waals surface area contributed by atoms with Gasteiger partial charge in [-0.3, -0.25) is 14.9 Å². The lowest BCUT2D eigenvalue weighted by atomic mass is 10.1. The fourth-order valence-electron chi connectivity index (χ4n) is 1.98. The van der Waals surface area contributed by atoms with Crippen LogP contribution in [0.4, 0.5) is 5.69 Å². The fourth-order valence-corrected chi connectivity index (χ4v) is 3.33. The average Bonchev–Trinajstić information content (AvgIpc) is 3.17. The Balaban J connectivity index is 2.20. The maximum Gasteiger partial charge on any atom is 0.310 e. The van der Waals surface area contributed by atoms with Gasteiger partial charge >= 0.3 is 5.97 Å². The zero-order valence-corrected chi connectivity index (χ0v) is 12.0. The molecule has 2 N–H and O–H groups in total. The van der Waals surface area contributed by atoms with E-state index in [1.165, 1.54) is 13.0 Å². The number of hydrogen-bond acceptors (Lipinski definition) is 5. The molecule has 0 aromatic heterocycles. The fraction of sp³-hybridized carbons (Fsp3) is 0.417. The highest BCUT2D eigenvalue weighted by Crippen LogP contribution is 2.45. The van der Waals surface area contributed by atoms with Crippen molar-refractivity contribution in [1.29, 1.82) is 0 Å². The van der Waals surface area contributed by atoms with Crippen LogP contribution in [0.2, 0.25) is 0 Å². The van der Waals surface area contributed by atoms with Crippen LogP contribution in [-0.4, -0.2) is 31.0 Å². The number of carboxylic acid groups (broad SMARTS) is 1. The molecular weight excluding hydrogens is 300 g/mol. The van der Waals surface area contributed by atoms with Gasteiger partial charge in [0, 0.05) is 18.7 Å². The summed E-state index contributed by atoms with van der Waals surface area (Å²) in [5.41, 5.74) is -0.977. The monoisotopic (exact) mass is 314 g/mol. The molecule has 0 amide bonds. The zero-order valence-electron chi connectivity index (χ0n) is 11.2. The van der Waals surface area contributed by atoms with Crippen LogP contribution in [0.5, 0.6) is 0 Å². The van der Waals surface area contributed by atoms with E-state index in [1.807, 2.05) is 0 Å². The minimum Gasteiger partial charge on any atom is -0.481 e. The molecule has 0 saturated heterocycles. The molecular formula is C12H14N2O6S. The first-order valence-electron chi connectivity index (χ1n) is 6.16. The van der Waals surface area contributed by atoms with Gasteiger partial charge in [-0.1, -0.05) is 0 Å². The van der Waals surface area contributed by atoms with Crippen molar-refractivity contribution in [3.05, 3.63) is 33.9 Å². The first-order chi connectivity index (χ1) is 9.68. The number of nitrogens with zero attached hydrogens (tertiary/aromatic N) is 1. The predicted octanol–water partition coefficient (Wildman–Crippen LogP) is 1.05. The number of hydrogen-bond donors (Lipinski definition) is 2. The van der Waals surface area contributed by atoms with Crippen molar-refractivity contribution in [3.63, 3.8) is 0 Å². The Morgan fingerprint density at radius 1 is 1.48 bits per heavy atom. The second kappa shape index (κ2) is 5.08. The third kappa shape index (κ3) is 3.03. The topological polar surface area (TPSA) is 127 Å². The molecule has 0 atom stereocenters. The number of sulfonamides is 1. The highest BCUT2D eigenvalue weighted by molar-refractivity contribution is 7.89. The van der Waals surface area contributed by atoms with Crippen molar-refractivity contribution in [1.82, 2.24) is 4.72 Å². The lowest BCUT2D eigenvalue weighted by Crippen LogP contribution is -2.34. The van der Waals surface area contributed by atoms with Crippen molar-refractivity contribution < 1.29 is 23.2 Å². The van der Waals surface area contributed by atoms with E-state index >= 15 is 0 Å². The van der Waals surface area contributed by atoms with Gasteiger partial charge in [-0.05, 0) is 31.4 Å². The maximum atomic E-state index is 12.2. The molecule has 0 heterocycles. The van der Waals surface area contributed by atoms with Gasteiger partial charge in [0.15, 0.2) is 0 Å². The van der Waals surface area contributed by atoms with Gasteiger partial charge in [0.25, 0.3) is 5.69 Å². The minimum atomic E-state index is -3.90. The van der Waals surface area contributed by atoms with E-state index in [-0.39, 0.29) is 22.7 Å². The molecule has 0 aliphatic heterocycles. The van der Waals surface area contributed by atoms with Crippen molar-refractivity contribution >= 4 is 21.7 Å². The smallest absolute Gasteiger partial charge is 0.310 e. The first-order valence-corrected chi connectivity index (χ1v) is 7.64. The van der Waals surface area contributed by atoms with Gasteiger partial charge in [0.05, 0.1) is 15.2 Å². The molecule has 1 fully saturated rings. The quantitative estimate of drug-likeness (QED) is 0.597. The van der Waals surface area contributed by atoms with Gasteiger partial charge in [-0.2, -0.15) is 0 Å². The highest BCUT2D eigenvalue weighted by Gasteiger charge is 2.50. The Bertz CT molecular complexity index is 708. The number of aliphatic carboxylic acids is 1. The van der Waals surface area contributed by atoms with Gasteiger partial charge in [-0.15, -0.1) is 0 Å². The predicted molar refractivity (Wildman–Crippen MR) is 72.3 cm³/mol. The van der Waals surface area contributed by atoms with Crippen LogP contribution in [0, 0.1) is 22.5 Å². The SMILES string of the molecule is Cc1cc([N+](=O)[O-])ccc1S(=O)(=O)NCC1(C(=O)O)CC1. The Hall–Kier alpha value is -2.00. The van der Waals surface area contributed by atoms with E-state index in [4.69, 9.17) is 5.11 Å². The molecule has 0 spiro atoms. The van der Waals surface area contributed by atoms with Crippen molar-refractivity contribution in [3.8, 4) is 0 Å². The molecule has 114 valence electrons. The number of carbonyl (C=O) groups is 1. The van der Waals surface area contributed by atoms with E-state index in [9.17, 15) is 23.3 Å². The molecule has 1 aliphatic carbocycles.